The number of rotatable bonds is 4. The number of thioether (sulfide) groups is 1. The van der Waals surface area contributed by atoms with E-state index < -0.39 is 10.0 Å². The minimum Gasteiger partial charge on any atom is -0.376 e. The van der Waals surface area contributed by atoms with Crippen LogP contribution < -0.4 is 10.0 Å². The Morgan fingerprint density at radius 1 is 1.10 bits per heavy atom. The average molecular weight is 320 g/mol. The zero-order valence-electron chi connectivity index (χ0n) is 11.5. The fourth-order valence-corrected chi connectivity index (χ4v) is 4.46. The summed E-state index contributed by atoms with van der Waals surface area (Å²) in [4.78, 5) is 1.53. The maximum atomic E-state index is 12.1. The first kappa shape index (κ1) is 14.4. The minimum absolute atomic E-state index is 0.124. The van der Waals surface area contributed by atoms with E-state index >= 15 is 0 Å². The van der Waals surface area contributed by atoms with Crippen LogP contribution in [0.2, 0.25) is 0 Å². The van der Waals surface area contributed by atoms with Crippen molar-refractivity contribution in [3.63, 3.8) is 0 Å². The minimum atomic E-state index is -3.47. The fraction of sp³-hybridized carbons (Fsp3) is 0.200. The van der Waals surface area contributed by atoms with Gasteiger partial charge in [0.05, 0.1) is 11.7 Å². The summed E-state index contributed by atoms with van der Waals surface area (Å²) in [6.45, 7) is 0. The molecule has 4 nitrogen and oxygen atoms in total. The zero-order chi connectivity index (χ0) is 14.9. The van der Waals surface area contributed by atoms with Crippen LogP contribution >= 0.6 is 11.8 Å². The first-order valence-electron chi connectivity index (χ1n) is 6.62. The van der Waals surface area contributed by atoms with E-state index in [1.165, 1.54) is 17.5 Å². The van der Waals surface area contributed by atoms with Gasteiger partial charge in [-0.2, -0.15) is 0 Å². The molecule has 1 atom stereocenters. The summed E-state index contributed by atoms with van der Waals surface area (Å²) in [5.41, 5.74) is 1.85. The standard InChI is InChI=1S/C15H16N2O2S2/c1-16-21(18,19)15-9-5-3-7-12(15)17-13-10-20-14-8-4-2-6-11(13)14/h2-9,13,16-17H,10H2,1H3. The molecule has 0 radical (unpaired) electrons. The summed E-state index contributed by atoms with van der Waals surface area (Å²) in [5, 5.41) is 3.37. The van der Waals surface area contributed by atoms with Gasteiger partial charge < -0.3 is 5.32 Å². The van der Waals surface area contributed by atoms with Crippen molar-refractivity contribution in [3.05, 3.63) is 54.1 Å². The zero-order valence-corrected chi connectivity index (χ0v) is 13.2. The Labute approximate surface area is 129 Å². The molecule has 0 bridgehead atoms. The summed E-state index contributed by atoms with van der Waals surface area (Å²) in [7, 11) is -2.04. The molecule has 2 N–H and O–H groups in total. The summed E-state index contributed by atoms with van der Waals surface area (Å²) in [6.07, 6.45) is 0. The summed E-state index contributed by atoms with van der Waals surface area (Å²) < 4.78 is 26.5. The monoisotopic (exact) mass is 320 g/mol. The lowest BCUT2D eigenvalue weighted by Crippen LogP contribution is -2.21. The molecular formula is C15H16N2O2S2. The molecule has 0 amide bonds. The van der Waals surface area contributed by atoms with Crippen LogP contribution in [0.3, 0.4) is 0 Å². The van der Waals surface area contributed by atoms with E-state index in [1.807, 2.05) is 18.2 Å². The van der Waals surface area contributed by atoms with E-state index in [4.69, 9.17) is 0 Å². The number of fused-ring (bicyclic) bond motifs is 1. The molecular weight excluding hydrogens is 304 g/mol. The van der Waals surface area contributed by atoms with E-state index in [2.05, 4.69) is 22.2 Å². The molecule has 2 aromatic rings. The molecule has 21 heavy (non-hydrogen) atoms. The van der Waals surface area contributed by atoms with Crippen molar-refractivity contribution in [2.75, 3.05) is 18.1 Å². The van der Waals surface area contributed by atoms with Crippen LogP contribution in [0, 0.1) is 0 Å². The highest BCUT2D eigenvalue weighted by Crippen LogP contribution is 2.40. The molecule has 2 aromatic carbocycles. The predicted octanol–water partition coefficient (Wildman–Crippen LogP) is 2.85. The molecule has 1 aliphatic heterocycles. The number of anilines is 1. The predicted molar refractivity (Wildman–Crippen MR) is 86.2 cm³/mol. The van der Waals surface area contributed by atoms with Crippen molar-refractivity contribution in [1.29, 1.82) is 0 Å². The number of benzene rings is 2. The topological polar surface area (TPSA) is 58.2 Å². The Morgan fingerprint density at radius 2 is 1.81 bits per heavy atom. The van der Waals surface area contributed by atoms with Crippen LogP contribution in [0.4, 0.5) is 5.69 Å². The second kappa shape index (κ2) is 5.71. The summed E-state index contributed by atoms with van der Waals surface area (Å²) in [5.74, 6) is 0.896. The van der Waals surface area contributed by atoms with Gasteiger partial charge in [-0.1, -0.05) is 30.3 Å². The van der Waals surface area contributed by atoms with Crippen molar-refractivity contribution < 1.29 is 8.42 Å². The van der Waals surface area contributed by atoms with Crippen LogP contribution in [-0.2, 0) is 10.0 Å². The van der Waals surface area contributed by atoms with E-state index in [9.17, 15) is 8.42 Å². The van der Waals surface area contributed by atoms with E-state index in [-0.39, 0.29) is 10.9 Å². The van der Waals surface area contributed by atoms with E-state index in [0.717, 1.165) is 5.75 Å². The quantitative estimate of drug-likeness (QED) is 0.909. The molecule has 1 heterocycles. The van der Waals surface area contributed by atoms with Crippen LogP contribution in [0.5, 0.6) is 0 Å². The Morgan fingerprint density at radius 3 is 2.62 bits per heavy atom. The molecule has 1 aliphatic rings. The first-order valence-corrected chi connectivity index (χ1v) is 9.09. The lowest BCUT2D eigenvalue weighted by molar-refractivity contribution is 0.588. The van der Waals surface area contributed by atoms with Crippen LogP contribution in [-0.4, -0.2) is 21.2 Å². The highest BCUT2D eigenvalue weighted by molar-refractivity contribution is 7.99. The van der Waals surface area contributed by atoms with Crippen LogP contribution in [0.25, 0.3) is 0 Å². The SMILES string of the molecule is CNS(=O)(=O)c1ccccc1NC1CSc2ccccc21. The van der Waals surface area contributed by atoms with Gasteiger partial charge in [0.25, 0.3) is 0 Å². The fourth-order valence-electron chi connectivity index (χ4n) is 2.40. The maximum Gasteiger partial charge on any atom is 0.242 e. The Kier molecular flexibility index (Phi) is 3.93. The van der Waals surface area contributed by atoms with Crippen LogP contribution in [0.15, 0.2) is 58.3 Å². The van der Waals surface area contributed by atoms with E-state index in [1.54, 1.807) is 30.0 Å². The molecule has 110 valence electrons. The van der Waals surface area contributed by atoms with Crippen LogP contribution in [0.1, 0.15) is 11.6 Å². The van der Waals surface area contributed by atoms with Crippen molar-refractivity contribution >= 4 is 27.5 Å². The highest BCUT2D eigenvalue weighted by Gasteiger charge is 2.24. The van der Waals surface area contributed by atoms with Crippen molar-refractivity contribution in [3.8, 4) is 0 Å². The van der Waals surface area contributed by atoms with Gasteiger partial charge in [-0.05, 0) is 30.8 Å². The van der Waals surface area contributed by atoms with Gasteiger partial charge in [0, 0.05) is 10.6 Å². The lowest BCUT2D eigenvalue weighted by Gasteiger charge is -2.17. The number of hydrogen-bond acceptors (Lipinski definition) is 4. The number of nitrogens with one attached hydrogen (secondary N) is 2. The second-order valence-electron chi connectivity index (χ2n) is 4.75. The Balaban J connectivity index is 1.94. The van der Waals surface area contributed by atoms with Gasteiger partial charge in [0.1, 0.15) is 4.90 Å². The number of hydrogen-bond donors (Lipinski definition) is 2. The van der Waals surface area contributed by atoms with Gasteiger partial charge >= 0.3 is 0 Å². The number of para-hydroxylation sites is 1. The third kappa shape index (κ3) is 2.79. The van der Waals surface area contributed by atoms with Gasteiger partial charge in [0.15, 0.2) is 0 Å². The smallest absolute Gasteiger partial charge is 0.242 e. The lowest BCUT2D eigenvalue weighted by atomic mass is 10.1. The normalized spacial score (nSPS) is 17.5. The largest absolute Gasteiger partial charge is 0.376 e. The molecule has 0 saturated carbocycles. The molecule has 0 fully saturated rings. The average Bonchev–Trinajstić information content (AvgIpc) is 2.91. The molecule has 3 rings (SSSR count). The third-order valence-corrected chi connectivity index (χ3v) is 6.13. The van der Waals surface area contributed by atoms with Crippen molar-refractivity contribution in [2.24, 2.45) is 0 Å². The molecule has 0 spiro atoms. The molecule has 1 unspecified atom stereocenters. The molecule has 6 heteroatoms. The van der Waals surface area contributed by atoms with Crippen molar-refractivity contribution in [2.45, 2.75) is 15.8 Å². The Bertz CT molecular complexity index is 760. The number of sulfonamides is 1. The maximum absolute atomic E-state index is 12.1. The summed E-state index contributed by atoms with van der Waals surface area (Å²) >= 11 is 1.79. The third-order valence-electron chi connectivity index (χ3n) is 3.47. The highest BCUT2D eigenvalue weighted by atomic mass is 32.2. The second-order valence-corrected chi connectivity index (χ2v) is 7.67. The van der Waals surface area contributed by atoms with Crippen molar-refractivity contribution in [1.82, 2.24) is 4.72 Å². The molecule has 0 saturated heterocycles. The molecule has 0 aliphatic carbocycles. The van der Waals surface area contributed by atoms with Gasteiger partial charge in [-0.3, -0.25) is 0 Å². The molecule has 0 aromatic heterocycles. The summed E-state index contributed by atoms with van der Waals surface area (Å²) in [6, 6.07) is 15.3. The van der Waals surface area contributed by atoms with E-state index in [0.29, 0.717) is 5.69 Å². The first-order chi connectivity index (χ1) is 10.1. The van der Waals surface area contributed by atoms with Gasteiger partial charge in [0.2, 0.25) is 10.0 Å². The van der Waals surface area contributed by atoms with Gasteiger partial charge in [-0.15, -0.1) is 11.8 Å². The Hall–Kier alpha value is -1.50. The van der Waals surface area contributed by atoms with Gasteiger partial charge in [-0.25, -0.2) is 13.1 Å².